The molecule has 3 aromatic rings. The number of hydrogen-bond donors (Lipinski definition) is 1. The average molecular weight is 347 g/mol. The summed E-state index contributed by atoms with van der Waals surface area (Å²) in [5.41, 5.74) is 1.76. The number of fused-ring (bicyclic) bond motifs is 1. The van der Waals surface area contributed by atoms with E-state index < -0.39 is 0 Å². The summed E-state index contributed by atoms with van der Waals surface area (Å²) in [5.74, 6) is -0.100. The molecule has 0 aliphatic carbocycles. The van der Waals surface area contributed by atoms with Gasteiger partial charge < -0.3 is 5.32 Å². The van der Waals surface area contributed by atoms with E-state index in [9.17, 15) is 9.18 Å². The van der Waals surface area contributed by atoms with Crippen LogP contribution < -0.4 is 5.32 Å². The van der Waals surface area contributed by atoms with Gasteiger partial charge in [0.1, 0.15) is 17.2 Å². The van der Waals surface area contributed by atoms with Crippen LogP contribution in [-0.4, -0.2) is 21.6 Å². The summed E-state index contributed by atoms with van der Waals surface area (Å²) in [7, 11) is 0. The van der Waals surface area contributed by atoms with Crippen LogP contribution >= 0.6 is 23.1 Å². The first-order valence-electron chi connectivity index (χ1n) is 6.99. The first-order chi connectivity index (χ1) is 11.1. The highest BCUT2D eigenvalue weighted by atomic mass is 32.2. The smallest absolute Gasteiger partial charge is 0.230 e. The predicted molar refractivity (Wildman–Crippen MR) is 91.1 cm³/mol. The standard InChI is InChI=1S/C16H14FN3OS2/c1-10(11-2-4-12(17)5-3-11)20-14(21)8-23-16-15-13(6-7-22-15)18-9-19-16/h2-7,9-10H,8H2,1H3,(H,20,21). The minimum Gasteiger partial charge on any atom is -0.349 e. The van der Waals surface area contributed by atoms with Crippen LogP contribution in [0.5, 0.6) is 0 Å². The van der Waals surface area contributed by atoms with Crippen molar-refractivity contribution in [3.05, 3.63) is 53.4 Å². The lowest BCUT2D eigenvalue weighted by Gasteiger charge is -2.14. The highest BCUT2D eigenvalue weighted by molar-refractivity contribution is 8.00. The van der Waals surface area contributed by atoms with Crippen LogP contribution in [0.3, 0.4) is 0 Å². The minimum absolute atomic E-state index is 0.0878. The summed E-state index contributed by atoms with van der Waals surface area (Å²) >= 11 is 2.95. The minimum atomic E-state index is -0.286. The normalized spacial score (nSPS) is 12.3. The van der Waals surface area contributed by atoms with Gasteiger partial charge in [-0.2, -0.15) is 0 Å². The number of thiophene rings is 1. The number of carbonyl (C=O) groups excluding carboxylic acids is 1. The van der Waals surface area contributed by atoms with Crippen molar-refractivity contribution in [3.63, 3.8) is 0 Å². The van der Waals surface area contributed by atoms with Crippen LogP contribution in [0.15, 0.2) is 47.1 Å². The van der Waals surface area contributed by atoms with Gasteiger partial charge in [-0.1, -0.05) is 23.9 Å². The Kier molecular flexibility index (Phi) is 4.88. The molecule has 0 aliphatic heterocycles. The van der Waals surface area contributed by atoms with Crippen LogP contribution in [0.1, 0.15) is 18.5 Å². The largest absolute Gasteiger partial charge is 0.349 e. The topological polar surface area (TPSA) is 54.9 Å². The number of halogens is 1. The highest BCUT2D eigenvalue weighted by Crippen LogP contribution is 2.28. The fourth-order valence-electron chi connectivity index (χ4n) is 2.12. The Bertz CT molecular complexity index is 820. The molecule has 1 unspecified atom stereocenters. The van der Waals surface area contributed by atoms with Crippen LogP contribution in [0.4, 0.5) is 4.39 Å². The van der Waals surface area contributed by atoms with E-state index >= 15 is 0 Å². The van der Waals surface area contributed by atoms with Crippen LogP contribution in [0.25, 0.3) is 10.2 Å². The highest BCUT2D eigenvalue weighted by Gasteiger charge is 2.12. The van der Waals surface area contributed by atoms with E-state index in [2.05, 4.69) is 15.3 Å². The first kappa shape index (κ1) is 15.9. The fraction of sp³-hybridized carbons (Fsp3) is 0.188. The van der Waals surface area contributed by atoms with Crippen molar-refractivity contribution in [2.45, 2.75) is 18.0 Å². The van der Waals surface area contributed by atoms with Gasteiger partial charge in [0.05, 0.1) is 22.0 Å². The molecule has 0 saturated heterocycles. The van der Waals surface area contributed by atoms with Gasteiger partial charge in [-0.05, 0) is 36.1 Å². The Hall–Kier alpha value is -1.99. The zero-order chi connectivity index (χ0) is 16.2. The lowest BCUT2D eigenvalue weighted by atomic mass is 10.1. The van der Waals surface area contributed by atoms with Gasteiger partial charge in [0.2, 0.25) is 5.91 Å². The molecule has 2 heterocycles. The molecule has 1 aromatic carbocycles. The average Bonchev–Trinajstić information content (AvgIpc) is 3.02. The summed E-state index contributed by atoms with van der Waals surface area (Å²) < 4.78 is 13.9. The van der Waals surface area contributed by atoms with Gasteiger partial charge in [0, 0.05) is 0 Å². The van der Waals surface area contributed by atoms with Crippen LogP contribution in [-0.2, 0) is 4.79 Å². The molecule has 0 saturated carbocycles. The molecule has 2 aromatic heterocycles. The van der Waals surface area contributed by atoms with E-state index in [0.717, 1.165) is 20.8 Å². The third-order valence-electron chi connectivity index (χ3n) is 3.30. The van der Waals surface area contributed by atoms with Crippen molar-refractivity contribution in [3.8, 4) is 0 Å². The second-order valence-electron chi connectivity index (χ2n) is 4.94. The van der Waals surface area contributed by atoms with E-state index in [4.69, 9.17) is 0 Å². The number of carbonyl (C=O) groups is 1. The monoisotopic (exact) mass is 347 g/mol. The molecule has 4 nitrogen and oxygen atoms in total. The molecule has 118 valence electrons. The Morgan fingerprint density at radius 2 is 2.09 bits per heavy atom. The molecule has 1 atom stereocenters. The lowest BCUT2D eigenvalue weighted by molar-refractivity contribution is -0.119. The number of aromatic nitrogens is 2. The van der Waals surface area contributed by atoms with Gasteiger partial charge in [-0.15, -0.1) is 11.3 Å². The number of amides is 1. The van der Waals surface area contributed by atoms with Crippen LogP contribution in [0.2, 0.25) is 0 Å². The van der Waals surface area contributed by atoms with Crippen molar-refractivity contribution in [2.75, 3.05) is 5.75 Å². The van der Waals surface area contributed by atoms with Crippen molar-refractivity contribution in [2.24, 2.45) is 0 Å². The molecule has 7 heteroatoms. The van der Waals surface area contributed by atoms with Gasteiger partial charge in [0.15, 0.2) is 0 Å². The SMILES string of the molecule is CC(NC(=O)CSc1ncnc2ccsc12)c1ccc(F)cc1. The third kappa shape index (κ3) is 3.86. The Balaban J connectivity index is 1.59. The molecule has 0 fully saturated rings. The maximum Gasteiger partial charge on any atom is 0.230 e. The lowest BCUT2D eigenvalue weighted by Crippen LogP contribution is -2.28. The maximum absolute atomic E-state index is 12.9. The van der Waals surface area contributed by atoms with Gasteiger partial charge in [-0.25, -0.2) is 14.4 Å². The van der Waals surface area contributed by atoms with Crippen LogP contribution in [0, 0.1) is 5.82 Å². The summed E-state index contributed by atoms with van der Waals surface area (Å²) in [6.45, 7) is 1.87. The third-order valence-corrected chi connectivity index (χ3v) is 5.33. The van der Waals surface area contributed by atoms with E-state index in [1.165, 1.54) is 30.2 Å². The van der Waals surface area contributed by atoms with E-state index in [-0.39, 0.29) is 23.5 Å². The van der Waals surface area contributed by atoms with Crippen molar-refractivity contribution >= 4 is 39.2 Å². The van der Waals surface area contributed by atoms with E-state index in [0.29, 0.717) is 0 Å². The fourth-order valence-corrected chi connectivity index (χ4v) is 3.88. The molecule has 0 radical (unpaired) electrons. The molecular weight excluding hydrogens is 333 g/mol. The van der Waals surface area contributed by atoms with Crippen molar-refractivity contribution in [1.29, 1.82) is 0 Å². The molecule has 1 N–H and O–H groups in total. The number of rotatable bonds is 5. The summed E-state index contributed by atoms with van der Waals surface area (Å²) in [5, 5.41) is 5.68. The van der Waals surface area contributed by atoms with Crippen molar-refractivity contribution in [1.82, 2.24) is 15.3 Å². The second-order valence-corrected chi connectivity index (χ2v) is 6.82. The molecular formula is C16H14FN3OS2. The first-order valence-corrected chi connectivity index (χ1v) is 8.86. The predicted octanol–water partition coefficient (Wildman–Crippen LogP) is 3.80. The molecule has 3 rings (SSSR count). The van der Waals surface area contributed by atoms with Gasteiger partial charge in [0.25, 0.3) is 0 Å². The van der Waals surface area contributed by atoms with Crippen molar-refractivity contribution < 1.29 is 9.18 Å². The Labute approximate surface area is 141 Å². The zero-order valence-electron chi connectivity index (χ0n) is 12.3. The number of hydrogen-bond acceptors (Lipinski definition) is 5. The number of benzene rings is 1. The molecule has 23 heavy (non-hydrogen) atoms. The molecule has 1 amide bonds. The van der Waals surface area contributed by atoms with Gasteiger partial charge >= 0.3 is 0 Å². The summed E-state index contributed by atoms with van der Waals surface area (Å²) in [6.07, 6.45) is 1.51. The summed E-state index contributed by atoms with van der Waals surface area (Å²) in [6, 6.07) is 7.89. The van der Waals surface area contributed by atoms with E-state index in [1.807, 2.05) is 18.4 Å². The second kappa shape index (κ2) is 7.06. The zero-order valence-corrected chi connectivity index (χ0v) is 14.0. The Morgan fingerprint density at radius 3 is 2.87 bits per heavy atom. The number of nitrogens with one attached hydrogen (secondary N) is 1. The molecule has 0 spiro atoms. The quantitative estimate of drug-likeness (QED) is 0.563. The Morgan fingerprint density at radius 1 is 1.30 bits per heavy atom. The molecule has 0 bridgehead atoms. The van der Waals surface area contributed by atoms with Gasteiger partial charge in [-0.3, -0.25) is 4.79 Å². The maximum atomic E-state index is 12.9. The summed E-state index contributed by atoms with van der Waals surface area (Å²) in [4.78, 5) is 20.5. The molecule has 0 aliphatic rings. The van der Waals surface area contributed by atoms with E-state index in [1.54, 1.807) is 23.5 Å². The number of nitrogens with zero attached hydrogens (tertiary/aromatic N) is 2. The number of thioether (sulfide) groups is 1.